The lowest BCUT2D eigenvalue weighted by molar-refractivity contribution is -0.660. The molecule has 0 aliphatic carbocycles. The Bertz CT molecular complexity index is 527. The van der Waals surface area contributed by atoms with Crippen LogP contribution in [0.4, 0.5) is 0 Å². The maximum Gasteiger partial charge on any atom is 0.212 e. The molecule has 0 fully saturated rings. The Morgan fingerprint density at radius 1 is 1.19 bits per heavy atom. The second-order valence-electron chi connectivity index (χ2n) is 3.99. The van der Waals surface area contributed by atoms with Gasteiger partial charge in [0.2, 0.25) is 5.69 Å². The Kier molecular flexibility index (Phi) is 2.86. The van der Waals surface area contributed by atoms with E-state index < -0.39 is 0 Å². The molecular formula is C15H16N+. The molecule has 0 atom stereocenters. The van der Waals surface area contributed by atoms with Crippen LogP contribution in [0.2, 0.25) is 0 Å². The molecule has 1 aromatic carbocycles. The molecule has 1 heteroatoms. The van der Waals surface area contributed by atoms with Gasteiger partial charge in [-0.2, -0.15) is 0 Å². The number of hydrogen-bond donors (Lipinski definition) is 0. The predicted molar refractivity (Wildman–Crippen MR) is 67.9 cm³/mol. The van der Waals surface area contributed by atoms with E-state index in [0.29, 0.717) is 0 Å². The first-order valence-corrected chi connectivity index (χ1v) is 5.40. The number of pyridine rings is 1. The number of aryl methyl sites for hydroxylation is 2. The molecule has 0 saturated heterocycles. The van der Waals surface area contributed by atoms with Gasteiger partial charge in [0.25, 0.3) is 0 Å². The van der Waals surface area contributed by atoms with Crippen molar-refractivity contribution < 1.29 is 4.57 Å². The maximum atomic E-state index is 3.88. The molecule has 2 aromatic rings. The fraction of sp³-hybridized carbons (Fsp3) is 0.133. The second-order valence-corrected chi connectivity index (χ2v) is 3.99. The summed E-state index contributed by atoms with van der Waals surface area (Å²) in [5.41, 5.74) is 4.88. The van der Waals surface area contributed by atoms with Crippen LogP contribution in [0.15, 0.2) is 49.2 Å². The van der Waals surface area contributed by atoms with E-state index in [9.17, 15) is 0 Å². The van der Waals surface area contributed by atoms with Crippen molar-refractivity contribution in [1.29, 1.82) is 0 Å². The van der Waals surface area contributed by atoms with Gasteiger partial charge in [0.1, 0.15) is 7.05 Å². The molecule has 0 amide bonds. The molecule has 2 rings (SSSR count). The zero-order valence-corrected chi connectivity index (χ0v) is 9.77. The monoisotopic (exact) mass is 210 g/mol. The van der Waals surface area contributed by atoms with E-state index in [1.165, 1.54) is 22.4 Å². The quantitative estimate of drug-likeness (QED) is 0.670. The van der Waals surface area contributed by atoms with Crippen molar-refractivity contribution in [3.63, 3.8) is 0 Å². The molecule has 1 heterocycles. The van der Waals surface area contributed by atoms with Gasteiger partial charge in [0.05, 0.1) is 5.56 Å². The summed E-state index contributed by atoms with van der Waals surface area (Å²) in [6.07, 6.45) is 3.97. The van der Waals surface area contributed by atoms with E-state index in [1.807, 2.05) is 12.1 Å². The number of aromatic nitrogens is 1. The number of benzene rings is 1. The minimum Gasteiger partial charge on any atom is -0.201 e. The third-order valence-electron chi connectivity index (χ3n) is 2.76. The molecule has 1 aromatic heterocycles. The fourth-order valence-corrected chi connectivity index (χ4v) is 1.89. The van der Waals surface area contributed by atoms with Gasteiger partial charge in [-0.15, -0.1) is 0 Å². The zero-order chi connectivity index (χ0) is 11.5. The highest BCUT2D eigenvalue weighted by Gasteiger charge is 2.11. The van der Waals surface area contributed by atoms with Gasteiger partial charge in [-0.3, -0.25) is 0 Å². The van der Waals surface area contributed by atoms with Crippen LogP contribution in [-0.4, -0.2) is 0 Å². The van der Waals surface area contributed by atoms with Gasteiger partial charge in [0, 0.05) is 12.1 Å². The first kappa shape index (κ1) is 10.6. The Morgan fingerprint density at radius 3 is 2.69 bits per heavy atom. The molecule has 0 aliphatic rings. The molecule has 0 spiro atoms. The van der Waals surface area contributed by atoms with Crippen molar-refractivity contribution in [2.24, 2.45) is 7.05 Å². The molecule has 16 heavy (non-hydrogen) atoms. The SMILES string of the molecule is C=Cc1cc(C)ccc1-c1cccc[n+]1C. The first-order chi connectivity index (χ1) is 7.72. The van der Waals surface area contributed by atoms with Crippen LogP contribution in [-0.2, 0) is 7.05 Å². The smallest absolute Gasteiger partial charge is 0.201 e. The number of rotatable bonds is 2. The summed E-state index contributed by atoms with van der Waals surface area (Å²) in [5, 5.41) is 0. The van der Waals surface area contributed by atoms with Crippen LogP contribution in [0.5, 0.6) is 0 Å². The van der Waals surface area contributed by atoms with Crippen LogP contribution in [0.1, 0.15) is 11.1 Å². The summed E-state index contributed by atoms with van der Waals surface area (Å²) < 4.78 is 2.12. The molecule has 0 unspecified atom stereocenters. The van der Waals surface area contributed by atoms with E-state index in [4.69, 9.17) is 0 Å². The van der Waals surface area contributed by atoms with Gasteiger partial charge < -0.3 is 0 Å². The minimum absolute atomic E-state index is 1.18. The fourth-order valence-electron chi connectivity index (χ4n) is 1.89. The topological polar surface area (TPSA) is 3.88 Å². The number of hydrogen-bond acceptors (Lipinski definition) is 0. The van der Waals surface area contributed by atoms with Gasteiger partial charge >= 0.3 is 0 Å². The molecule has 1 nitrogen and oxygen atoms in total. The summed E-state index contributed by atoms with van der Waals surface area (Å²) in [5.74, 6) is 0. The highest BCUT2D eigenvalue weighted by Crippen LogP contribution is 2.22. The van der Waals surface area contributed by atoms with Crippen molar-refractivity contribution in [1.82, 2.24) is 0 Å². The first-order valence-electron chi connectivity index (χ1n) is 5.40. The van der Waals surface area contributed by atoms with Gasteiger partial charge in [-0.25, -0.2) is 4.57 Å². The minimum atomic E-state index is 1.18. The van der Waals surface area contributed by atoms with Gasteiger partial charge in [-0.05, 0) is 24.6 Å². The average Bonchev–Trinajstić information content (AvgIpc) is 2.30. The lowest BCUT2D eigenvalue weighted by Gasteiger charge is -2.05. The molecule has 0 N–H and O–H groups in total. The van der Waals surface area contributed by atoms with E-state index >= 15 is 0 Å². The van der Waals surface area contributed by atoms with E-state index in [2.05, 4.69) is 61.6 Å². The van der Waals surface area contributed by atoms with E-state index in [0.717, 1.165) is 0 Å². The van der Waals surface area contributed by atoms with Crippen LogP contribution in [0, 0.1) is 6.92 Å². The Labute approximate surface area is 96.7 Å². The maximum absolute atomic E-state index is 3.88. The predicted octanol–water partition coefficient (Wildman–Crippen LogP) is 3.13. The summed E-state index contributed by atoms with van der Waals surface area (Å²) in [6, 6.07) is 12.7. The van der Waals surface area contributed by atoms with Crippen LogP contribution in [0.3, 0.4) is 0 Å². The van der Waals surface area contributed by atoms with Crippen molar-refractivity contribution in [2.45, 2.75) is 6.92 Å². The van der Waals surface area contributed by atoms with Crippen molar-refractivity contribution in [2.75, 3.05) is 0 Å². The third kappa shape index (κ3) is 1.89. The molecule has 80 valence electrons. The summed E-state index contributed by atoms with van der Waals surface area (Å²) >= 11 is 0. The van der Waals surface area contributed by atoms with Crippen LogP contribution >= 0.6 is 0 Å². The van der Waals surface area contributed by atoms with Crippen molar-refractivity contribution in [3.05, 3.63) is 60.3 Å². The standard InChI is InChI=1S/C15H16N/c1-4-13-11-12(2)8-9-14(13)15-7-5-6-10-16(15)3/h4-11H,1H2,2-3H3/q+1. The molecule has 0 radical (unpaired) electrons. The van der Waals surface area contributed by atoms with Crippen LogP contribution < -0.4 is 4.57 Å². The molecule has 0 saturated carbocycles. The summed E-state index contributed by atoms with van der Waals surface area (Å²) in [6.45, 7) is 5.98. The Hall–Kier alpha value is -1.89. The van der Waals surface area contributed by atoms with E-state index in [-0.39, 0.29) is 0 Å². The van der Waals surface area contributed by atoms with Gasteiger partial charge in [0.15, 0.2) is 6.20 Å². The van der Waals surface area contributed by atoms with Crippen molar-refractivity contribution >= 4 is 6.08 Å². The molecule has 0 bridgehead atoms. The summed E-state index contributed by atoms with van der Waals surface area (Å²) in [7, 11) is 2.06. The largest absolute Gasteiger partial charge is 0.212 e. The lowest BCUT2D eigenvalue weighted by Crippen LogP contribution is -2.30. The van der Waals surface area contributed by atoms with E-state index in [1.54, 1.807) is 0 Å². The molecule has 0 aliphatic heterocycles. The van der Waals surface area contributed by atoms with Crippen molar-refractivity contribution in [3.8, 4) is 11.3 Å². The normalized spacial score (nSPS) is 10.1. The average molecular weight is 210 g/mol. The Morgan fingerprint density at radius 2 is 2.00 bits per heavy atom. The van der Waals surface area contributed by atoms with Crippen LogP contribution in [0.25, 0.3) is 17.3 Å². The third-order valence-corrected chi connectivity index (χ3v) is 2.76. The highest BCUT2D eigenvalue weighted by atomic mass is 14.9. The second kappa shape index (κ2) is 4.31. The lowest BCUT2D eigenvalue weighted by atomic mass is 10.0. The number of nitrogens with zero attached hydrogens (tertiary/aromatic N) is 1. The molecular weight excluding hydrogens is 194 g/mol. The highest BCUT2D eigenvalue weighted by molar-refractivity contribution is 5.71. The zero-order valence-electron chi connectivity index (χ0n) is 9.77. The van der Waals surface area contributed by atoms with Gasteiger partial charge in [-0.1, -0.05) is 30.4 Å². The Balaban J connectivity index is 2.65. The summed E-state index contributed by atoms with van der Waals surface area (Å²) in [4.78, 5) is 0.